The van der Waals surface area contributed by atoms with Crippen molar-refractivity contribution in [2.45, 2.75) is 26.6 Å². The third-order valence-corrected chi connectivity index (χ3v) is 2.64. The molecule has 0 fully saturated rings. The zero-order chi connectivity index (χ0) is 16.9. The van der Waals surface area contributed by atoms with Gasteiger partial charge in [-0.05, 0) is 25.5 Å². The van der Waals surface area contributed by atoms with Crippen molar-refractivity contribution in [2.24, 2.45) is 0 Å². The summed E-state index contributed by atoms with van der Waals surface area (Å²) < 4.78 is 20.1. The largest absolute Gasteiger partial charge is 0.508 e. The molecule has 23 heavy (non-hydrogen) atoms. The Bertz CT molecular complexity index is 497. The molecule has 0 radical (unpaired) electrons. The van der Waals surface area contributed by atoms with Crippen molar-refractivity contribution in [1.29, 1.82) is 0 Å². The summed E-state index contributed by atoms with van der Waals surface area (Å²) in [7, 11) is 0. The summed E-state index contributed by atoms with van der Waals surface area (Å²) in [5.41, 5.74) is 0.997. The highest BCUT2D eigenvalue weighted by atomic mass is 16.7. The molecule has 0 heterocycles. The summed E-state index contributed by atoms with van der Waals surface area (Å²) in [5, 5.41) is 0. The first-order valence-electron chi connectivity index (χ1n) is 7.45. The van der Waals surface area contributed by atoms with E-state index >= 15 is 0 Å². The Morgan fingerprint density at radius 2 is 1.78 bits per heavy atom. The van der Waals surface area contributed by atoms with E-state index in [4.69, 9.17) is 18.9 Å². The minimum Gasteiger partial charge on any atom is -0.463 e. The quantitative estimate of drug-likeness (QED) is 0.514. The molecule has 0 aliphatic rings. The van der Waals surface area contributed by atoms with Gasteiger partial charge in [0.1, 0.15) is 6.10 Å². The molecule has 1 atom stereocenters. The number of esters is 1. The van der Waals surface area contributed by atoms with E-state index in [1.807, 2.05) is 30.3 Å². The Morgan fingerprint density at radius 3 is 2.43 bits per heavy atom. The predicted octanol–water partition coefficient (Wildman–Crippen LogP) is 2.86. The molecule has 0 saturated heterocycles. The maximum atomic E-state index is 11.4. The van der Waals surface area contributed by atoms with Gasteiger partial charge in [-0.2, -0.15) is 0 Å². The fourth-order valence-electron chi connectivity index (χ4n) is 1.65. The van der Waals surface area contributed by atoms with Gasteiger partial charge in [-0.25, -0.2) is 9.59 Å². The molecule has 0 aliphatic heterocycles. The van der Waals surface area contributed by atoms with Crippen LogP contribution in [0.3, 0.4) is 0 Å². The van der Waals surface area contributed by atoms with Gasteiger partial charge in [-0.3, -0.25) is 0 Å². The van der Waals surface area contributed by atoms with Crippen LogP contribution in [0.15, 0.2) is 42.5 Å². The standard InChI is InChI=1S/C17H22O6/c1-3-21-16(18)11-10-15(23-17(19)22-4-2)13-20-12-14-8-6-5-7-9-14/h5-11,15H,3-4,12-13H2,1-2H3/b11-10-. The molecule has 126 valence electrons. The molecule has 0 saturated carbocycles. The average Bonchev–Trinajstić information content (AvgIpc) is 2.54. The highest BCUT2D eigenvalue weighted by Gasteiger charge is 2.13. The van der Waals surface area contributed by atoms with Crippen LogP contribution in [-0.2, 0) is 30.3 Å². The van der Waals surface area contributed by atoms with E-state index in [1.54, 1.807) is 13.8 Å². The fraction of sp³-hybridized carbons (Fsp3) is 0.412. The van der Waals surface area contributed by atoms with Crippen LogP contribution in [0.5, 0.6) is 0 Å². The molecule has 1 aromatic carbocycles. The van der Waals surface area contributed by atoms with E-state index in [9.17, 15) is 9.59 Å². The molecule has 6 heteroatoms. The SMILES string of the molecule is CCOC(=O)/C=C\C(COCc1ccccc1)OC(=O)OCC. The van der Waals surface area contributed by atoms with Crippen molar-refractivity contribution in [1.82, 2.24) is 0 Å². The van der Waals surface area contributed by atoms with Crippen LogP contribution in [0.4, 0.5) is 4.79 Å². The Kier molecular flexibility index (Phi) is 9.16. The molecular weight excluding hydrogens is 300 g/mol. The van der Waals surface area contributed by atoms with E-state index in [1.165, 1.54) is 12.2 Å². The van der Waals surface area contributed by atoms with Crippen molar-refractivity contribution in [3.05, 3.63) is 48.0 Å². The number of carbonyl (C=O) groups excluding carboxylic acids is 2. The first-order chi connectivity index (χ1) is 11.2. The van der Waals surface area contributed by atoms with Crippen molar-refractivity contribution in [2.75, 3.05) is 19.8 Å². The molecule has 0 N–H and O–H groups in total. The minimum atomic E-state index is -0.811. The Labute approximate surface area is 136 Å². The molecule has 0 spiro atoms. The Morgan fingerprint density at radius 1 is 1.09 bits per heavy atom. The van der Waals surface area contributed by atoms with E-state index in [-0.39, 0.29) is 19.8 Å². The lowest BCUT2D eigenvalue weighted by atomic mass is 10.2. The number of benzene rings is 1. The smallest absolute Gasteiger partial charge is 0.463 e. The van der Waals surface area contributed by atoms with Crippen molar-refractivity contribution in [3.8, 4) is 0 Å². The van der Waals surface area contributed by atoms with Crippen molar-refractivity contribution < 1.29 is 28.5 Å². The second-order valence-corrected chi connectivity index (χ2v) is 4.45. The molecule has 6 nitrogen and oxygen atoms in total. The van der Waals surface area contributed by atoms with Crippen LogP contribution in [-0.4, -0.2) is 38.0 Å². The molecule has 1 aromatic rings. The monoisotopic (exact) mass is 322 g/mol. The highest BCUT2D eigenvalue weighted by molar-refractivity contribution is 5.82. The summed E-state index contributed by atoms with van der Waals surface area (Å²) in [6.07, 6.45) is 1.08. The molecule has 1 rings (SSSR count). The minimum absolute atomic E-state index is 0.101. The molecule has 0 bridgehead atoms. The molecule has 1 unspecified atom stereocenters. The first-order valence-corrected chi connectivity index (χ1v) is 7.45. The first kappa shape index (κ1) is 18.7. The maximum absolute atomic E-state index is 11.4. The summed E-state index contributed by atoms with van der Waals surface area (Å²) in [6, 6.07) is 9.58. The van der Waals surface area contributed by atoms with Gasteiger partial charge in [0.25, 0.3) is 0 Å². The lowest BCUT2D eigenvalue weighted by molar-refractivity contribution is -0.137. The predicted molar refractivity (Wildman–Crippen MR) is 83.8 cm³/mol. The lowest BCUT2D eigenvalue weighted by Crippen LogP contribution is -2.22. The number of hydrogen-bond donors (Lipinski definition) is 0. The van der Waals surface area contributed by atoms with Gasteiger partial charge in [-0.1, -0.05) is 30.3 Å². The van der Waals surface area contributed by atoms with Crippen LogP contribution >= 0.6 is 0 Å². The normalized spacial score (nSPS) is 11.9. The number of hydrogen-bond acceptors (Lipinski definition) is 6. The number of ether oxygens (including phenoxy) is 4. The van der Waals surface area contributed by atoms with E-state index in [2.05, 4.69) is 0 Å². The third-order valence-electron chi connectivity index (χ3n) is 2.64. The average molecular weight is 322 g/mol. The Hall–Kier alpha value is -2.34. The molecular formula is C17H22O6. The Balaban J connectivity index is 2.52. The molecule has 0 aliphatic carbocycles. The third kappa shape index (κ3) is 8.63. The van der Waals surface area contributed by atoms with Gasteiger partial charge in [0.05, 0.1) is 26.4 Å². The summed E-state index contributed by atoms with van der Waals surface area (Å²) >= 11 is 0. The topological polar surface area (TPSA) is 71.1 Å². The fourth-order valence-corrected chi connectivity index (χ4v) is 1.65. The number of rotatable bonds is 9. The second-order valence-electron chi connectivity index (χ2n) is 4.45. The van der Waals surface area contributed by atoms with Crippen LogP contribution in [0.1, 0.15) is 19.4 Å². The van der Waals surface area contributed by atoms with Crippen molar-refractivity contribution >= 4 is 12.1 Å². The van der Waals surface area contributed by atoms with Gasteiger partial charge < -0.3 is 18.9 Å². The molecule has 0 aromatic heterocycles. The summed E-state index contributed by atoms with van der Waals surface area (Å²) in [6.45, 7) is 4.34. The van der Waals surface area contributed by atoms with Crippen LogP contribution in [0, 0.1) is 0 Å². The summed E-state index contributed by atoms with van der Waals surface area (Å²) in [4.78, 5) is 22.7. The van der Waals surface area contributed by atoms with Gasteiger partial charge in [0, 0.05) is 6.08 Å². The van der Waals surface area contributed by atoms with Crippen LogP contribution in [0.2, 0.25) is 0 Å². The van der Waals surface area contributed by atoms with Gasteiger partial charge in [0.15, 0.2) is 0 Å². The summed E-state index contributed by atoms with van der Waals surface area (Å²) in [5.74, 6) is -0.506. The van der Waals surface area contributed by atoms with E-state index in [0.29, 0.717) is 6.61 Å². The highest BCUT2D eigenvalue weighted by Crippen LogP contribution is 2.04. The van der Waals surface area contributed by atoms with Crippen LogP contribution < -0.4 is 0 Å². The van der Waals surface area contributed by atoms with Gasteiger partial charge in [0.2, 0.25) is 0 Å². The van der Waals surface area contributed by atoms with Crippen molar-refractivity contribution in [3.63, 3.8) is 0 Å². The van der Waals surface area contributed by atoms with Gasteiger partial charge >= 0.3 is 12.1 Å². The molecule has 0 amide bonds. The van der Waals surface area contributed by atoms with E-state index in [0.717, 1.165) is 5.56 Å². The maximum Gasteiger partial charge on any atom is 0.508 e. The van der Waals surface area contributed by atoms with E-state index < -0.39 is 18.2 Å². The lowest BCUT2D eigenvalue weighted by Gasteiger charge is -2.14. The van der Waals surface area contributed by atoms with Crippen LogP contribution in [0.25, 0.3) is 0 Å². The number of carbonyl (C=O) groups is 2. The zero-order valence-electron chi connectivity index (χ0n) is 13.4. The second kappa shape index (κ2) is 11.3. The zero-order valence-corrected chi connectivity index (χ0v) is 13.4. The van der Waals surface area contributed by atoms with Gasteiger partial charge in [-0.15, -0.1) is 0 Å².